The van der Waals surface area contributed by atoms with Crippen LogP contribution in [0.1, 0.15) is 58.8 Å². The lowest BCUT2D eigenvalue weighted by Gasteiger charge is -2.46. The lowest BCUT2D eigenvalue weighted by molar-refractivity contribution is -0.149. The number of likely N-dealkylation sites (tertiary alicyclic amines) is 1. The van der Waals surface area contributed by atoms with Crippen LogP contribution in [0.3, 0.4) is 0 Å². The fourth-order valence-corrected chi connectivity index (χ4v) is 4.08. The van der Waals surface area contributed by atoms with Crippen molar-refractivity contribution in [2.75, 3.05) is 6.54 Å². The second-order valence-electron chi connectivity index (χ2n) is 6.16. The van der Waals surface area contributed by atoms with Crippen molar-refractivity contribution in [3.63, 3.8) is 0 Å². The molecule has 1 heterocycles. The van der Waals surface area contributed by atoms with Crippen LogP contribution >= 0.6 is 0 Å². The maximum Gasteiger partial charge on any atom is 0.321 e. The van der Waals surface area contributed by atoms with E-state index in [0.717, 1.165) is 19.4 Å². The van der Waals surface area contributed by atoms with Gasteiger partial charge in [0.05, 0.1) is 0 Å². The highest BCUT2D eigenvalue weighted by Crippen LogP contribution is 2.35. The third-order valence-corrected chi connectivity index (χ3v) is 5.04. The minimum absolute atomic E-state index is 0.240. The van der Waals surface area contributed by atoms with Crippen LogP contribution in [0.15, 0.2) is 0 Å². The van der Waals surface area contributed by atoms with E-state index < -0.39 is 5.97 Å². The lowest BCUT2D eigenvalue weighted by Crippen LogP contribution is -2.56. The summed E-state index contributed by atoms with van der Waals surface area (Å²) >= 11 is 0. The molecule has 104 valence electrons. The van der Waals surface area contributed by atoms with Crippen LogP contribution in [0.5, 0.6) is 0 Å². The largest absolute Gasteiger partial charge is 0.480 e. The van der Waals surface area contributed by atoms with E-state index in [2.05, 4.69) is 18.7 Å². The highest BCUT2D eigenvalue weighted by atomic mass is 16.4. The van der Waals surface area contributed by atoms with Gasteiger partial charge in [-0.25, -0.2) is 0 Å². The first-order valence-electron chi connectivity index (χ1n) is 7.63. The van der Waals surface area contributed by atoms with Crippen LogP contribution in [0.25, 0.3) is 0 Å². The Balaban J connectivity index is 2.14. The lowest BCUT2D eigenvalue weighted by atomic mass is 9.79. The number of rotatable bonds is 3. The number of aliphatic carboxylic acids is 1. The highest BCUT2D eigenvalue weighted by Gasteiger charge is 2.40. The zero-order chi connectivity index (χ0) is 13.1. The standard InChI is InChI=1S/C15H27NO2/c1-3-12-8-4-5-9-13(12)16-10-6-7-11(2)14(16)15(17)18/h11-14H,3-10H2,1-2H3,(H,17,18). The Morgan fingerprint density at radius 1 is 1.22 bits per heavy atom. The second-order valence-corrected chi connectivity index (χ2v) is 6.16. The first kappa shape index (κ1) is 13.9. The van der Waals surface area contributed by atoms with Crippen LogP contribution in [-0.2, 0) is 4.79 Å². The summed E-state index contributed by atoms with van der Waals surface area (Å²) in [6, 6.07) is 0.281. The Hall–Kier alpha value is -0.570. The molecule has 1 saturated heterocycles. The smallest absolute Gasteiger partial charge is 0.321 e. The van der Waals surface area contributed by atoms with E-state index in [1.54, 1.807) is 0 Å². The van der Waals surface area contributed by atoms with Gasteiger partial charge in [0, 0.05) is 6.04 Å². The number of carboxylic acids is 1. The Labute approximate surface area is 111 Å². The first-order valence-corrected chi connectivity index (χ1v) is 7.63. The third-order valence-electron chi connectivity index (χ3n) is 5.04. The van der Waals surface area contributed by atoms with Gasteiger partial charge in [-0.1, -0.05) is 33.1 Å². The van der Waals surface area contributed by atoms with Crippen LogP contribution in [0.4, 0.5) is 0 Å². The van der Waals surface area contributed by atoms with Gasteiger partial charge in [-0.15, -0.1) is 0 Å². The van der Waals surface area contributed by atoms with Gasteiger partial charge in [-0.2, -0.15) is 0 Å². The molecule has 0 spiro atoms. The van der Waals surface area contributed by atoms with E-state index in [1.165, 1.54) is 32.1 Å². The molecule has 0 radical (unpaired) electrons. The molecule has 3 heteroatoms. The molecule has 0 aromatic heterocycles. The molecule has 4 atom stereocenters. The average Bonchev–Trinajstić information content (AvgIpc) is 2.38. The molecule has 1 aliphatic heterocycles. The predicted molar refractivity (Wildman–Crippen MR) is 72.6 cm³/mol. The number of carboxylic acid groups (broad SMARTS) is 1. The van der Waals surface area contributed by atoms with Crippen LogP contribution in [0, 0.1) is 11.8 Å². The monoisotopic (exact) mass is 253 g/mol. The van der Waals surface area contributed by atoms with Crippen molar-refractivity contribution >= 4 is 5.97 Å². The first-order chi connectivity index (χ1) is 8.65. The minimum atomic E-state index is -0.609. The van der Waals surface area contributed by atoms with Crippen LogP contribution < -0.4 is 0 Å². The maximum atomic E-state index is 11.6. The zero-order valence-electron chi connectivity index (χ0n) is 11.8. The van der Waals surface area contributed by atoms with Crippen LogP contribution in [0.2, 0.25) is 0 Å². The third kappa shape index (κ3) is 2.71. The molecule has 4 unspecified atom stereocenters. The van der Waals surface area contributed by atoms with Gasteiger partial charge >= 0.3 is 5.97 Å². The molecule has 1 N–H and O–H groups in total. The molecule has 2 aliphatic rings. The van der Waals surface area contributed by atoms with Crippen molar-refractivity contribution in [1.29, 1.82) is 0 Å². The number of carbonyl (C=O) groups is 1. The van der Waals surface area contributed by atoms with Gasteiger partial charge in [0.15, 0.2) is 0 Å². The molecule has 0 amide bonds. The molecule has 3 nitrogen and oxygen atoms in total. The van der Waals surface area contributed by atoms with Gasteiger partial charge in [0.1, 0.15) is 6.04 Å². The highest BCUT2D eigenvalue weighted by molar-refractivity contribution is 5.74. The summed E-state index contributed by atoms with van der Waals surface area (Å²) in [7, 11) is 0. The maximum absolute atomic E-state index is 11.6. The minimum Gasteiger partial charge on any atom is -0.480 e. The van der Waals surface area contributed by atoms with Crippen molar-refractivity contribution in [2.24, 2.45) is 11.8 Å². The summed E-state index contributed by atoms with van der Waals surface area (Å²) in [4.78, 5) is 13.9. The van der Waals surface area contributed by atoms with E-state index in [9.17, 15) is 9.90 Å². The molecule has 18 heavy (non-hydrogen) atoms. The predicted octanol–water partition coefficient (Wildman–Crippen LogP) is 3.14. The van der Waals surface area contributed by atoms with E-state index in [0.29, 0.717) is 17.9 Å². The summed E-state index contributed by atoms with van der Waals surface area (Å²) in [5.74, 6) is 0.407. The summed E-state index contributed by atoms with van der Waals surface area (Å²) in [6.07, 6.45) is 8.53. The van der Waals surface area contributed by atoms with E-state index in [4.69, 9.17) is 0 Å². The average molecular weight is 253 g/mol. The van der Waals surface area contributed by atoms with E-state index in [1.807, 2.05) is 0 Å². The van der Waals surface area contributed by atoms with Gasteiger partial charge in [-0.3, -0.25) is 9.69 Å². The quantitative estimate of drug-likeness (QED) is 0.840. The Morgan fingerprint density at radius 3 is 2.61 bits per heavy atom. The molecule has 0 bridgehead atoms. The van der Waals surface area contributed by atoms with Gasteiger partial charge in [0.25, 0.3) is 0 Å². The number of nitrogens with zero attached hydrogens (tertiary/aromatic N) is 1. The van der Waals surface area contributed by atoms with Crippen LogP contribution in [-0.4, -0.2) is 34.6 Å². The summed E-state index contributed by atoms with van der Waals surface area (Å²) in [6.45, 7) is 5.35. The zero-order valence-corrected chi connectivity index (χ0v) is 11.8. The van der Waals surface area contributed by atoms with Crippen molar-refractivity contribution in [1.82, 2.24) is 4.90 Å². The fourth-order valence-electron chi connectivity index (χ4n) is 4.08. The number of hydrogen-bond donors (Lipinski definition) is 1. The van der Waals surface area contributed by atoms with Crippen molar-refractivity contribution in [3.05, 3.63) is 0 Å². The Morgan fingerprint density at radius 2 is 1.94 bits per heavy atom. The number of piperidine rings is 1. The Kier molecular flexibility index (Phi) is 4.66. The summed E-state index contributed by atoms with van der Waals surface area (Å²) in [5, 5.41) is 9.53. The molecule has 1 aliphatic carbocycles. The van der Waals surface area contributed by atoms with Gasteiger partial charge < -0.3 is 5.11 Å². The van der Waals surface area contributed by atoms with Crippen molar-refractivity contribution < 1.29 is 9.90 Å². The summed E-state index contributed by atoms with van der Waals surface area (Å²) in [5.41, 5.74) is 0. The normalized spacial score (nSPS) is 38.6. The van der Waals surface area contributed by atoms with E-state index >= 15 is 0 Å². The molecular formula is C15H27NO2. The molecule has 2 fully saturated rings. The number of hydrogen-bond acceptors (Lipinski definition) is 2. The van der Waals surface area contributed by atoms with Crippen molar-refractivity contribution in [2.45, 2.75) is 70.9 Å². The Bertz CT molecular complexity index is 292. The SMILES string of the molecule is CCC1CCCCC1N1CCCC(C)C1C(=O)O. The second kappa shape index (κ2) is 6.05. The summed E-state index contributed by atoms with van der Waals surface area (Å²) < 4.78 is 0. The molecule has 1 saturated carbocycles. The van der Waals surface area contributed by atoms with Crippen molar-refractivity contribution in [3.8, 4) is 0 Å². The molecule has 0 aromatic carbocycles. The van der Waals surface area contributed by atoms with Gasteiger partial charge in [0.2, 0.25) is 0 Å². The van der Waals surface area contributed by atoms with E-state index in [-0.39, 0.29) is 6.04 Å². The topological polar surface area (TPSA) is 40.5 Å². The molecule has 2 rings (SSSR count). The fraction of sp³-hybridized carbons (Fsp3) is 0.933. The molecular weight excluding hydrogens is 226 g/mol. The van der Waals surface area contributed by atoms with Gasteiger partial charge in [-0.05, 0) is 44.1 Å². The molecule has 0 aromatic rings.